The van der Waals surface area contributed by atoms with E-state index >= 15 is 0 Å². The monoisotopic (exact) mass is 359 g/mol. The minimum Gasteiger partial charge on any atom is -0.477 e. The third-order valence-corrected chi connectivity index (χ3v) is 3.22. The Morgan fingerprint density at radius 3 is 2.14 bits per heavy atom. The van der Waals surface area contributed by atoms with Gasteiger partial charge in [0.1, 0.15) is 11.3 Å². The van der Waals surface area contributed by atoms with Crippen LogP contribution in [0.2, 0.25) is 15.1 Å². The zero-order chi connectivity index (χ0) is 15.9. The van der Waals surface area contributed by atoms with Crippen molar-refractivity contribution in [2.24, 2.45) is 0 Å². The molecular formula is C11H3Cl3F3NO3. The lowest BCUT2D eigenvalue weighted by molar-refractivity contribution is -0.156. The summed E-state index contributed by atoms with van der Waals surface area (Å²) in [6, 6.07) is 2.38. The third kappa shape index (κ3) is 2.95. The van der Waals surface area contributed by atoms with E-state index in [0.717, 1.165) is 0 Å². The van der Waals surface area contributed by atoms with Crippen LogP contribution in [0.3, 0.4) is 0 Å². The van der Waals surface area contributed by atoms with Gasteiger partial charge in [-0.3, -0.25) is 0 Å². The van der Waals surface area contributed by atoms with Gasteiger partial charge >= 0.3 is 12.1 Å². The van der Waals surface area contributed by atoms with Crippen molar-refractivity contribution in [1.82, 2.24) is 5.16 Å². The molecule has 1 N–H and O–H groups in total. The van der Waals surface area contributed by atoms with Gasteiger partial charge in [0.05, 0.1) is 10.0 Å². The Morgan fingerprint density at radius 1 is 1.19 bits per heavy atom. The smallest absolute Gasteiger partial charge is 0.453 e. The van der Waals surface area contributed by atoms with Crippen molar-refractivity contribution in [2.45, 2.75) is 6.18 Å². The fraction of sp³-hybridized carbons (Fsp3) is 0.0909. The van der Waals surface area contributed by atoms with Gasteiger partial charge in [-0.2, -0.15) is 13.2 Å². The number of carbonyl (C=O) groups is 1. The molecule has 0 saturated carbocycles. The molecule has 0 atom stereocenters. The number of aromatic nitrogens is 1. The molecule has 1 aromatic heterocycles. The highest BCUT2D eigenvalue weighted by Gasteiger charge is 2.43. The van der Waals surface area contributed by atoms with E-state index in [2.05, 4.69) is 9.68 Å². The summed E-state index contributed by atoms with van der Waals surface area (Å²) in [6.07, 6.45) is -5.02. The van der Waals surface area contributed by atoms with Gasteiger partial charge in [0.25, 0.3) is 5.76 Å². The zero-order valence-electron chi connectivity index (χ0n) is 9.63. The van der Waals surface area contributed by atoms with Crippen LogP contribution in [0.1, 0.15) is 16.1 Å². The Kier molecular flexibility index (Phi) is 4.10. The molecule has 0 saturated heterocycles. The topological polar surface area (TPSA) is 63.3 Å². The molecule has 0 aliphatic carbocycles. The number of carboxylic acids is 1. The summed E-state index contributed by atoms with van der Waals surface area (Å²) < 4.78 is 42.3. The highest BCUT2D eigenvalue weighted by Crippen LogP contribution is 2.42. The van der Waals surface area contributed by atoms with E-state index in [1.165, 1.54) is 12.1 Å². The van der Waals surface area contributed by atoms with Crippen LogP contribution in [0.15, 0.2) is 16.7 Å². The van der Waals surface area contributed by atoms with Crippen molar-refractivity contribution in [1.29, 1.82) is 0 Å². The number of halogens is 6. The number of nitrogens with zero attached hydrogens (tertiary/aromatic N) is 1. The zero-order valence-corrected chi connectivity index (χ0v) is 11.9. The van der Waals surface area contributed by atoms with E-state index < -0.39 is 29.2 Å². The largest absolute Gasteiger partial charge is 0.477 e. The highest BCUT2D eigenvalue weighted by molar-refractivity contribution is 6.42. The second-order valence-corrected chi connectivity index (χ2v) is 5.03. The number of hydrogen-bond donors (Lipinski definition) is 1. The molecule has 4 nitrogen and oxygen atoms in total. The average Bonchev–Trinajstić information content (AvgIpc) is 2.71. The Balaban J connectivity index is 2.78. The number of benzene rings is 1. The molecule has 0 bridgehead atoms. The summed E-state index contributed by atoms with van der Waals surface area (Å²) in [5.74, 6) is -3.62. The normalized spacial score (nSPS) is 11.7. The third-order valence-electron chi connectivity index (χ3n) is 2.41. The van der Waals surface area contributed by atoms with E-state index in [9.17, 15) is 18.0 Å². The van der Waals surface area contributed by atoms with Crippen molar-refractivity contribution in [3.05, 3.63) is 38.5 Å². The number of hydrogen-bond acceptors (Lipinski definition) is 3. The standard InChI is InChI=1S/C11H3Cl3F3NO3/c12-3-1-4(13)6(5(14)2-3)8-7(10(19)20)9(21-18-8)11(15,16)17/h1-2H,(H,19,20). The van der Waals surface area contributed by atoms with E-state index in [1.807, 2.05) is 0 Å². The van der Waals surface area contributed by atoms with Gasteiger partial charge in [-0.1, -0.05) is 40.0 Å². The molecule has 0 radical (unpaired) electrons. The predicted molar refractivity (Wildman–Crippen MR) is 68.9 cm³/mol. The van der Waals surface area contributed by atoms with Gasteiger partial charge < -0.3 is 9.63 Å². The van der Waals surface area contributed by atoms with Crippen molar-refractivity contribution < 1.29 is 27.6 Å². The molecule has 0 aliphatic heterocycles. The van der Waals surface area contributed by atoms with Crippen LogP contribution in [0.25, 0.3) is 11.3 Å². The van der Waals surface area contributed by atoms with Gasteiger partial charge in [0.15, 0.2) is 0 Å². The molecule has 21 heavy (non-hydrogen) atoms. The van der Waals surface area contributed by atoms with Gasteiger partial charge in [0.2, 0.25) is 0 Å². The Hall–Kier alpha value is -1.44. The maximum absolute atomic E-state index is 12.7. The summed E-state index contributed by atoms with van der Waals surface area (Å²) in [5, 5.41) is 11.9. The minimum atomic E-state index is -5.02. The van der Waals surface area contributed by atoms with Crippen LogP contribution in [0.4, 0.5) is 13.2 Å². The molecule has 10 heteroatoms. The molecule has 0 fully saturated rings. The maximum Gasteiger partial charge on any atom is 0.453 e. The first-order valence-electron chi connectivity index (χ1n) is 5.08. The molecule has 2 aromatic rings. The Bertz CT molecular complexity index is 704. The van der Waals surface area contributed by atoms with Crippen molar-refractivity contribution in [3.63, 3.8) is 0 Å². The van der Waals surface area contributed by atoms with E-state index in [-0.39, 0.29) is 20.6 Å². The molecule has 0 unspecified atom stereocenters. The summed E-state index contributed by atoms with van der Waals surface area (Å²) in [6.45, 7) is 0. The van der Waals surface area contributed by atoms with E-state index in [1.54, 1.807) is 0 Å². The molecule has 2 rings (SSSR count). The average molecular weight is 361 g/mol. The predicted octanol–water partition coefficient (Wildman–Crippen LogP) is 5.02. The number of carboxylic acid groups (broad SMARTS) is 1. The Morgan fingerprint density at radius 2 is 1.71 bits per heavy atom. The van der Waals surface area contributed by atoms with Crippen LogP contribution in [0.5, 0.6) is 0 Å². The molecule has 1 aromatic carbocycles. The molecule has 112 valence electrons. The van der Waals surface area contributed by atoms with Gasteiger partial charge in [0, 0.05) is 10.6 Å². The summed E-state index contributed by atoms with van der Waals surface area (Å²) >= 11 is 17.4. The van der Waals surface area contributed by atoms with Crippen molar-refractivity contribution in [2.75, 3.05) is 0 Å². The number of alkyl halides is 3. The van der Waals surface area contributed by atoms with E-state index in [4.69, 9.17) is 39.9 Å². The first-order valence-corrected chi connectivity index (χ1v) is 6.21. The quantitative estimate of drug-likeness (QED) is 0.817. The molecule has 0 amide bonds. The van der Waals surface area contributed by atoms with Crippen LogP contribution in [-0.4, -0.2) is 16.2 Å². The second kappa shape index (κ2) is 5.40. The second-order valence-electron chi connectivity index (χ2n) is 3.78. The molecule has 0 spiro atoms. The fourth-order valence-electron chi connectivity index (χ4n) is 1.62. The lowest BCUT2D eigenvalue weighted by Crippen LogP contribution is -2.11. The minimum absolute atomic E-state index is 0.130. The van der Waals surface area contributed by atoms with Gasteiger partial charge in [-0.15, -0.1) is 0 Å². The fourth-order valence-corrected chi connectivity index (χ4v) is 2.62. The maximum atomic E-state index is 12.7. The van der Waals surface area contributed by atoms with Crippen LogP contribution >= 0.6 is 34.8 Å². The number of rotatable bonds is 2. The summed E-state index contributed by atoms with van der Waals surface area (Å²) in [7, 11) is 0. The Labute approximate surface area is 130 Å². The molecule has 1 heterocycles. The lowest BCUT2D eigenvalue weighted by Gasteiger charge is -2.06. The SMILES string of the molecule is O=C(O)c1c(-c2c(Cl)cc(Cl)cc2Cl)noc1C(F)(F)F. The van der Waals surface area contributed by atoms with Crippen molar-refractivity contribution in [3.8, 4) is 11.3 Å². The summed E-state index contributed by atoms with van der Waals surface area (Å²) in [4.78, 5) is 11.1. The van der Waals surface area contributed by atoms with Crippen LogP contribution in [-0.2, 0) is 6.18 Å². The first-order chi connectivity index (χ1) is 9.62. The van der Waals surface area contributed by atoms with E-state index in [0.29, 0.717) is 0 Å². The van der Waals surface area contributed by atoms with Crippen molar-refractivity contribution >= 4 is 40.8 Å². The molecule has 0 aliphatic rings. The highest BCUT2D eigenvalue weighted by atomic mass is 35.5. The van der Waals surface area contributed by atoms with Crippen LogP contribution in [0, 0.1) is 0 Å². The summed E-state index contributed by atoms with van der Waals surface area (Å²) in [5.41, 5.74) is -2.01. The lowest BCUT2D eigenvalue weighted by atomic mass is 10.1. The van der Waals surface area contributed by atoms with Crippen LogP contribution < -0.4 is 0 Å². The first kappa shape index (κ1) is 15.9. The van der Waals surface area contributed by atoms with Gasteiger partial charge in [-0.05, 0) is 12.1 Å². The molecular weight excluding hydrogens is 357 g/mol. The van der Waals surface area contributed by atoms with Gasteiger partial charge in [-0.25, -0.2) is 4.79 Å². The number of aromatic carboxylic acids is 1.